The van der Waals surface area contributed by atoms with Crippen molar-refractivity contribution in [2.24, 2.45) is 0 Å². The van der Waals surface area contributed by atoms with Crippen molar-refractivity contribution in [1.29, 1.82) is 0 Å². The van der Waals surface area contributed by atoms with Crippen molar-refractivity contribution in [2.45, 2.75) is 13.7 Å². The van der Waals surface area contributed by atoms with Gasteiger partial charge in [-0.05, 0) is 43.3 Å². The summed E-state index contributed by atoms with van der Waals surface area (Å²) in [5.74, 6) is 0.407. The van der Waals surface area contributed by atoms with E-state index in [1.165, 1.54) is 39.4 Å². The summed E-state index contributed by atoms with van der Waals surface area (Å²) >= 11 is 0. The number of nitrogens with zero attached hydrogens (tertiary/aromatic N) is 4. The highest BCUT2D eigenvalue weighted by atomic mass is 32.2. The molecule has 6 aromatic rings. The van der Waals surface area contributed by atoms with E-state index >= 15 is 0 Å². The molecule has 228 valence electrons. The Balaban J connectivity index is 1.46. The lowest BCUT2D eigenvalue weighted by Gasteiger charge is -2.20. The third kappa shape index (κ3) is 4.70. The van der Waals surface area contributed by atoms with Gasteiger partial charge in [-0.15, -0.1) is 0 Å². The molecule has 5 heterocycles. The van der Waals surface area contributed by atoms with Gasteiger partial charge in [0.05, 0.1) is 35.3 Å². The van der Waals surface area contributed by atoms with Gasteiger partial charge in [-0.2, -0.15) is 0 Å². The van der Waals surface area contributed by atoms with E-state index in [1.54, 1.807) is 47.0 Å². The van der Waals surface area contributed by atoms with Crippen LogP contribution in [-0.2, 0) is 16.8 Å². The number of rotatable bonds is 7. The second kappa shape index (κ2) is 10.6. The number of carbonyl (C=O) groups excluding carboxylic acids is 1. The molecule has 0 fully saturated rings. The summed E-state index contributed by atoms with van der Waals surface area (Å²) < 4.78 is 61.8. The molecule has 0 atom stereocenters. The minimum absolute atomic E-state index is 0.0435. The van der Waals surface area contributed by atoms with Gasteiger partial charge >= 0.3 is 0 Å². The fourth-order valence-corrected chi connectivity index (χ4v) is 5.97. The average molecular weight is 629 g/mol. The Hall–Kier alpha value is -5.50. The second-order valence-electron chi connectivity index (χ2n) is 10.2. The summed E-state index contributed by atoms with van der Waals surface area (Å²) in [6, 6.07) is 14.5. The van der Waals surface area contributed by atoms with Crippen LogP contribution in [0.25, 0.3) is 56.1 Å². The van der Waals surface area contributed by atoms with Gasteiger partial charge in [-0.1, -0.05) is 6.07 Å². The van der Waals surface area contributed by atoms with E-state index in [9.17, 15) is 17.6 Å². The van der Waals surface area contributed by atoms with E-state index in [0.29, 0.717) is 50.9 Å². The Kier molecular flexibility index (Phi) is 6.66. The van der Waals surface area contributed by atoms with Gasteiger partial charge in [0.15, 0.2) is 18.3 Å². The predicted molar refractivity (Wildman–Crippen MR) is 165 cm³/mol. The van der Waals surface area contributed by atoms with Crippen molar-refractivity contribution in [3.63, 3.8) is 0 Å². The van der Waals surface area contributed by atoms with Crippen LogP contribution in [0.3, 0.4) is 0 Å². The summed E-state index contributed by atoms with van der Waals surface area (Å²) in [5, 5.41) is 3.07. The smallest absolute Gasteiger partial charge is 0.255 e. The molecule has 0 spiro atoms. The molecule has 45 heavy (non-hydrogen) atoms. The van der Waals surface area contributed by atoms with Gasteiger partial charge in [0.2, 0.25) is 15.9 Å². The first-order chi connectivity index (χ1) is 21.7. The van der Waals surface area contributed by atoms with E-state index in [1.807, 2.05) is 0 Å². The maximum absolute atomic E-state index is 14.8. The van der Waals surface area contributed by atoms with Crippen molar-refractivity contribution < 1.29 is 31.5 Å². The molecule has 14 heteroatoms. The molecule has 12 nitrogen and oxygen atoms in total. The normalized spacial score (nSPS) is 12.4. The topological polar surface area (TPSA) is 150 Å². The van der Waals surface area contributed by atoms with Crippen LogP contribution < -0.4 is 19.5 Å². The molecule has 0 radical (unpaired) electrons. The molecule has 2 N–H and O–H groups in total. The van der Waals surface area contributed by atoms with Crippen LogP contribution in [0, 0.1) is 5.82 Å². The summed E-state index contributed by atoms with van der Waals surface area (Å²) in [6.07, 6.45) is 1.52. The predicted octanol–water partition coefficient (Wildman–Crippen LogP) is 5.19. The Labute approximate surface area is 255 Å². The minimum Gasteiger partial charge on any atom is -0.481 e. The maximum Gasteiger partial charge on any atom is 0.255 e. The molecule has 2 aromatic carbocycles. The third-order valence-corrected chi connectivity index (χ3v) is 8.84. The fourth-order valence-electron chi connectivity index (χ4n) is 5.32. The van der Waals surface area contributed by atoms with Crippen LogP contribution in [0.5, 0.6) is 11.6 Å². The number of methoxy groups -OCH3 is 1. The number of anilines is 1. The number of sulfonamides is 1. The van der Waals surface area contributed by atoms with Crippen LogP contribution in [0.4, 0.5) is 10.1 Å². The van der Waals surface area contributed by atoms with Crippen LogP contribution in [0.1, 0.15) is 17.3 Å². The summed E-state index contributed by atoms with van der Waals surface area (Å²) in [6.45, 7) is 1.56. The van der Waals surface area contributed by atoms with Crippen molar-refractivity contribution in [3.05, 3.63) is 72.2 Å². The fraction of sp³-hybridized carbons (Fsp3) is 0.161. The molecule has 7 rings (SSSR count). The standard InChI is InChI=1S/C31H25FN6O6S/c1-4-45(40,41)37-22-13-24-18(26(31(39)33-2)29(44-24)16-8-11-25(42-3)34-14-16)12-17(22)20-9-10-23-27(35-20)30-36-21-7-5-6-19(32)28(21)38(30)15-43-23/h5-14,37H,4,15H2,1-3H3,(H,33,39). The average Bonchev–Trinajstić information content (AvgIpc) is 3.63. The molecule has 0 saturated carbocycles. The lowest BCUT2D eigenvalue weighted by Crippen LogP contribution is -2.18. The van der Waals surface area contributed by atoms with Gasteiger partial charge in [-0.25, -0.2) is 27.8 Å². The number of aromatic nitrogens is 4. The molecule has 1 amide bonds. The number of para-hydroxylation sites is 1. The van der Waals surface area contributed by atoms with Gasteiger partial charge in [0.1, 0.15) is 28.4 Å². The third-order valence-electron chi connectivity index (χ3n) is 7.55. The lowest BCUT2D eigenvalue weighted by atomic mass is 10.0. The first-order valence-electron chi connectivity index (χ1n) is 13.8. The van der Waals surface area contributed by atoms with Crippen molar-refractivity contribution in [3.8, 4) is 45.7 Å². The molecule has 0 saturated heterocycles. The van der Waals surface area contributed by atoms with E-state index < -0.39 is 21.7 Å². The summed E-state index contributed by atoms with van der Waals surface area (Å²) in [7, 11) is -0.753. The first-order valence-corrected chi connectivity index (χ1v) is 15.5. The van der Waals surface area contributed by atoms with Crippen molar-refractivity contribution in [1.82, 2.24) is 24.8 Å². The highest BCUT2D eigenvalue weighted by Crippen LogP contribution is 2.42. The molecular weight excluding hydrogens is 603 g/mol. The Morgan fingerprint density at radius 2 is 1.98 bits per heavy atom. The highest BCUT2D eigenvalue weighted by Gasteiger charge is 2.28. The van der Waals surface area contributed by atoms with Gasteiger partial charge < -0.3 is 19.2 Å². The Morgan fingerprint density at radius 1 is 1.13 bits per heavy atom. The number of hydrogen-bond donors (Lipinski definition) is 2. The molecule has 0 aliphatic carbocycles. The van der Waals surface area contributed by atoms with Gasteiger partial charge in [0, 0.05) is 41.9 Å². The highest BCUT2D eigenvalue weighted by molar-refractivity contribution is 7.92. The largest absolute Gasteiger partial charge is 0.481 e. The van der Waals surface area contributed by atoms with Crippen LogP contribution >= 0.6 is 0 Å². The molecule has 4 aromatic heterocycles. The number of pyridine rings is 2. The van der Waals surface area contributed by atoms with Gasteiger partial charge in [-0.3, -0.25) is 14.1 Å². The SMILES string of the molecule is CCS(=O)(=O)Nc1cc2oc(-c3ccc(OC)nc3)c(C(=O)NC)c2cc1-c1ccc2c(n1)-c1nc3cccc(F)c3n1CO2. The zero-order valence-electron chi connectivity index (χ0n) is 24.2. The van der Waals surface area contributed by atoms with Crippen molar-refractivity contribution >= 4 is 43.6 Å². The monoisotopic (exact) mass is 628 g/mol. The zero-order valence-corrected chi connectivity index (χ0v) is 25.0. The number of benzene rings is 2. The van der Waals surface area contributed by atoms with Crippen LogP contribution in [0.15, 0.2) is 65.2 Å². The number of nitrogens with one attached hydrogen (secondary N) is 2. The number of hydrogen-bond acceptors (Lipinski definition) is 9. The maximum atomic E-state index is 14.8. The quantitative estimate of drug-likeness (QED) is 0.243. The number of fused-ring (bicyclic) bond motifs is 6. The number of ether oxygens (including phenoxy) is 2. The lowest BCUT2D eigenvalue weighted by molar-refractivity contribution is 0.0964. The van der Waals surface area contributed by atoms with E-state index in [-0.39, 0.29) is 40.6 Å². The minimum atomic E-state index is -3.75. The van der Waals surface area contributed by atoms with E-state index in [2.05, 4.69) is 20.0 Å². The van der Waals surface area contributed by atoms with Gasteiger partial charge in [0.25, 0.3) is 5.91 Å². The number of halogens is 1. The zero-order chi connectivity index (χ0) is 31.5. The number of amides is 1. The second-order valence-corrected chi connectivity index (χ2v) is 12.2. The molecule has 0 bridgehead atoms. The molecule has 1 aliphatic heterocycles. The number of furan rings is 1. The van der Waals surface area contributed by atoms with Crippen molar-refractivity contribution in [2.75, 3.05) is 24.6 Å². The molecule has 0 unspecified atom stereocenters. The van der Waals surface area contributed by atoms with E-state index in [0.717, 1.165) is 0 Å². The Morgan fingerprint density at radius 3 is 2.71 bits per heavy atom. The van der Waals surface area contributed by atoms with E-state index in [4.69, 9.17) is 18.9 Å². The summed E-state index contributed by atoms with van der Waals surface area (Å²) in [4.78, 5) is 26.9. The van der Waals surface area contributed by atoms with Crippen LogP contribution in [-0.4, -0.2) is 53.8 Å². The van der Waals surface area contributed by atoms with Crippen LogP contribution in [0.2, 0.25) is 0 Å². The molecule has 1 aliphatic rings. The summed E-state index contributed by atoms with van der Waals surface area (Å²) in [5.41, 5.74) is 2.99. The first kappa shape index (κ1) is 28.3. The number of carbonyl (C=O) groups is 1. The number of imidazole rings is 1. The molecular formula is C31H25FN6O6S. The Bertz CT molecular complexity index is 2260.